The molecule has 2 aliphatic rings. The summed E-state index contributed by atoms with van der Waals surface area (Å²) in [6.07, 6.45) is 9.85. The SMILES string of the molecule is CO[C@H]1CC[C@H](CN2C=C(c3ccc(C(C)(C)O)nc3)N=CC2)C1. The van der Waals surface area contributed by atoms with Gasteiger partial charge in [-0.25, -0.2) is 0 Å². The summed E-state index contributed by atoms with van der Waals surface area (Å²) in [6.45, 7) is 5.38. The number of nitrogens with zero attached hydrogens (tertiary/aromatic N) is 3. The first-order chi connectivity index (χ1) is 11.5. The van der Waals surface area contributed by atoms with Gasteiger partial charge in [-0.1, -0.05) is 0 Å². The van der Waals surface area contributed by atoms with Gasteiger partial charge < -0.3 is 14.7 Å². The Morgan fingerprint density at radius 3 is 2.79 bits per heavy atom. The Kier molecular flexibility index (Phi) is 5.01. The van der Waals surface area contributed by atoms with Gasteiger partial charge in [0.2, 0.25) is 0 Å². The largest absolute Gasteiger partial charge is 0.384 e. The smallest absolute Gasteiger partial charge is 0.101 e. The first-order valence-electron chi connectivity index (χ1n) is 8.66. The molecule has 2 heterocycles. The second-order valence-corrected chi connectivity index (χ2v) is 7.31. The van der Waals surface area contributed by atoms with E-state index in [0.29, 0.717) is 17.7 Å². The van der Waals surface area contributed by atoms with Crippen LogP contribution < -0.4 is 0 Å². The Morgan fingerprint density at radius 1 is 1.33 bits per heavy atom. The Bertz CT molecular complexity index is 616. The standard InChI is InChI=1S/C19H27N3O2/c1-19(2,23)18-7-5-15(11-21-18)17-13-22(9-8-20-17)12-14-4-6-16(10-14)24-3/h5,7-8,11,13-14,16,23H,4,6,9-10,12H2,1-3H3/t14-,16-/m0/s1. The molecule has 0 amide bonds. The molecule has 1 aliphatic carbocycles. The van der Waals surface area contributed by atoms with Crippen molar-refractivity contribution in [1.29, 1.82) is 0 Å². The van der Waals surface area contributed by atoms with Gasteiger partial charge in [0.05, 0.1) is 24.0 Å². The summed E-state index contributed by atoms with van der Waals surface area (Å²) in [5.41, 5.74) is 1.65. The predicted molar refractivity (Wildman–Crippen MR) is 95.7 cm³/mol. The molecule has 1 N–H and O–H groups in total. The third-order valence-electron chi connectivity index (χ3n) is 4.86. The van der Waals surface area contributed by atoms with E-state index in [-0.39, 0.29) is 0 Å². The van der Waals surface area contributed by atoms with Gasteiger partial charge in [0.15, 0.2) is 0 Å². The molecule has 5 nitrogen and oxygen atoms in total. The van der Waals surface area contributed by atoms with Gasteiger partial charge in [0.1, 0.15) is 5.60 Å². The van der Waals surface area contributed by atoms with Crippen molar-refractivity contribution in [3.05, 3.63) is 35.8 Å². The quantitative estimate of drug-likeness (QED) is 0.902. The molecule has 0 aromatic carbocycles. The number of aromatic nitrogens is 1. The van der Waals surface area contributed by atoms with Gasteiger partial charge in [-0.2, -0.15) is 0 Å². The first kappa shape index (κ1) is 17.1. The van der Waals surface area contributed by atoms with Crippen molar-refractivity contribution in [2.45, 2.75) is 44.8 Å². The Balaban J connectivity index is 1.67. The minimum Gasteiger partial charge on any atom is -0.384 e. The number of rotatable bonds is 5. The molecule has 1 saturated carbocycles. The van der Waals surface area contributed by atoms with Gasteiger partial charge in [-0.15, -0.1) is 0 Å². The molecule has 24 heavy (non-hydrogen) atoms. The van der Waals surface area contributed by atoms with Crippen LogP contribution in [0.15, 0.2) is 29.5 Å². The number of aliphatic imine (C=N–C) groups is 1. The molecular weight excluding hydrogens is 302 g/mol. The van der Waals surface area contributed by atoms with Gasteiger partial charge in [-0.05, 0) is 51.2 Å². The highest BCUT2D eigenvalue weighted by Gasteiger charge is 2.26. The molecule has 0 unspecified atom stereocenters. The summed E-state index contributed by atoms with van der Waals surface area (Å²) < 4.78 is 5.47. The number of pyridine rings is 1. The van der Waals surface area contributed by atoms with Crippen LogP contribution in [0.3, 0.4) is 0 Å². The molecule has 0 saturated heterocycles. The molecule has 0 radical (unpaired) electrons. The summed E-state index contributed by atoms with van der Waals surface area (Å²) >= 11 is 0. The van der Waals surface area contributed by atoms with Crippen molar-refractivity contribution in [3.8, 4) is 0 Å². The molecule has 5 heteroatoms. The molecule has 1 aromatic heterocycles. The van der Waals surface area contributed by atoms with Crippen LogP contribution in [0.4, 0.5) is 0 Å². The third-order valence-corrected chi connectivity index (χ3v) is 4.86. The van der Waals surface area contributed by atoms with Crippen LogP contribution >= 0.6 is 0 Å². The second-order valence-electron chi connectivity index (χ2n) is 7.31. The van der Waals surface area contributed by atoms with E-state index in [2.05, 4.69) is 21.1 Å². The minimum atomic E-state index is -0.921. The lowest BCUT2D eigenvalue weighted by molar-refractivity contribution is 0.0738. The minimum absolute atomic E-state index is 0.426. The van der Waals surface area contributed by atoms with Crippen molar-refractivity contribution in [1.82, 2.24) is 9.88 Å². The van der Waals surface area contributed by atoms with Crippen LogP contribution in [0.25, 0.3) is 5.70 Å². The van der Waals surface area contributed by atoms with Crippen LogP contribution in [-0.2, 0) is 10.3 Å². The number of aliphatic hydroxyl groups is 1. The van der Waals surface area contributed by atoms with E-state index in [4.69, 9.17) is 4.74 Å². The molecule has 1 aromatic rings. The topological polar surface area (TPSA) is 58.0 Å². The summed E-state index contributed by atoms with van der Waals surface area (Å²) in [5, 5.41) is 10.0. The van der Waals surface area contributed by atoms with E-state index in [9.17, 15) is 5.11 Å². The fourth-order valence-corrected chi connectivity index (χ4v) is 3.43. The zero-order chi connectivity index (χ0) is 17.2. The van der Waals surface area contributed by atoms with Gasteiger partial charge in [-0.3, -0.25) is 9.98 Å². The maximum atomic E-state index is 10.0. The average Bonchev–Trinajstić information content (AvgIpc) is 3.02. The van der Waals surface area contributed by atoms with E-state index in [0.717, 1.165) is 30.8 Å². The van der Waals surface area contributed by atoms with E-state index < -0.39 is 5.60 Å². The average molecular weight is 329 g/mol. The third kappa shape index (κ3) is 4.02. The highest BCUT2D eigenvalue weighted by atomic mass is 16.5. The number of ether oxygens (including phenoxy) is 1. The normalized spacial score (nSPS) is 24.3. The Morgan fingerprint density at radius 2 is 2.17 bits per heavy atom. The fourth-order valence-electron chi connectivity index (χ4n) is 3.43. The Labute approximate surface area is 144 Å². The zero-order valence-electron chi connectivity index (χ0n) is 14.8. The maximum Gasteiger partial charge on any atom is 0.101 e. The molecule has 3 rings (SSSR count). The Hall–Kier alpha value is -1.72. The predicted octanol–water partition coefficient (Wildman–Crippen LogP) is 2.81. The fraction of sp³-hybridized carbons (Fsp3) is 0.579. The highest BCUT2D eigenvalue weighted by molar-refractivity contribution is 5.76. The summed E-state index contributed by atoms with van der Waals surface area (Å²) in [7, 11) is 1.81. The van der Waals surface area contributed by atoms with Gasteiger partial charge in [0, 0.05) is 37.8 Å². The van der Waals surface area contributed by atoms with Crippen LogP contribution in [-0.4, -0.2) is 47.5 Å². The molecular formula is C19H27N3O2. The van der Waals surface area contributed by atoms with E-state index in [1.165, 1.54) is 12.8 Å². The molecule has 1 fully saturated rings. The molecule has 130 valence electrons. The summed E-state index contributed by atoms with van der Waals surface area (Å²) in [6, 6.07) is 3.84. The lowest BCUT2D eigenvalue weighted by Crippen LogP contribution is -2.28. The van der Waals surface area contributed by atoms with E-state index >= 15 is 0 Å². The van der Waals surface area contributed by atoms with E-state index in [1.54, 1.807) is 20.0 Å². The summed E-state index contributed by atoms with van der Waals surface area (Å²) in [5.74, 6) is 0.689. The van der Waals surface area contributed by atoms with Crippen LogP contribution in [0.1, 0.15) is 44.4 Å². The molecule has 0 bridgehead atoms. The number of hydrogen-bond acceptors (Lipinski definition) is 5. The summed E-state index contributed by atoms with van der Waals surface area (Å²) in [4.78, 5) is 11.2. The lowest BCUT2D eigenvalue weighted by atomic mass is 10.0. The molecule has 1 aliphatic heterocycles. The molecule has 0 spiro atoms. The second kappa shape index (κ2) is 7.03. The van der Waals surface area contributed by atoms with Crippen molar-refractivity contribution < 1.29 is 9.84 Å². The highest BCUT2D eigenvalue weighted by Crippen LogP contribution is 2.29. The van der Waals surface area contributed by atoms with Crippen LogP contribution in [0.2, 0.25) is 0 Å². The monoisotopic (exact) mass is 329 g/mol. The van der Waals surface area contributed by atoms with Crippen molar-refractivity contribution in [2.24, 2.45) is 10.9 Å². The number of methoxy groups -OCH3 is 1. The lowest BCUT2D eigenvalue weighted by Gasteiger charge is -2.26. The number of hydrogen-bond donors (Lipinski definition) is 1. The molecule has 2 atom stereocenters. The van der Waals surface area contributed by atoms with Gasteiger partial charge >= 0.3 is 0 Å². The first-order valence-corrected chi connectivity index (χ1v) is 8.66. The van der Waals surface area contributed by atoms with Crippen LogP contribution in [0.5, 0.6) is 0 Å². The maximum absolute atomic E-state index is 10.0. The van der Waals surface area contributed by atoms with E-state index in [1.807, 2.05) is 25.5 Å². The van der Waals surface area contributed by atoms with Crippen molar-refractivity contribution in [2.75, 3.05) is 20.2 Å². The van der Waals surface area contributed by atoms with Crippen molar-refractivity contribution in [3.63, 3.8) is 0 Å². The van der Waals surface area contributed by atoms with Gasteiger partial charge in [0.25, 0.3) is 0 Å². The zero-order valence-corrected chi connectivity index (χ0v) is 14.8. The van der Waals surface area contributed by atoms with Crippen molar-refractivity contribution >= 4 is 11.9 Å². The van der Waals surface area contributed by atoms with Crippen LogP contribution in [0, 0.1) is 5.92 Å².